The standard InChI is InChI=1S/C21H23ClN2O3/c1-24(2)19(25)14-27-18-10-8-17(9-11-18)23-20(26)21(12-3-13-21)15-4-6-16(22)7-5-15/h4-11H,3,12-14H2,1-2H3,(H,23,26). The first-order chi connectivity index (χ1) is 12.9. The van der Waals surface area contributed by atoms with E-state index >= 15 is 0 Å². The van der Waals surface area contributed by atoms with Gasteiger partial charge in [0.25, 0.3) is 5.91 Å². The Balaban J connectivity index is 1.65. The predicted molar refractivity (Wildman–Crippen MR) is 106 cm³/mol. The quantitative estimate of drug-likeness (QED) is 0.819. The molecule has 0 heterocycles. The number of benzene rings is 2. The summed E-state index contributed by atoms with van der Waals surface area (Å²) in [6.45, 7) is -0.0155. The number of rotatable bonds is 6. The summed E-state index contributed by atoms with van der Waals surface area (Å²) in [6, 6.07) is 14.6. The summed E-state index contributed by atoms with van der Waals surface area (Å²) >= 11 is 5.97. The number of ether oxygens (including phenoxy) is 1. The van der Waals surface area contributed by atoms with E-state index < -0.39 is 5.41 Å². The molecule has 0 aromatic heterocycles. The van der Waals surface area contributed by atoms with E-state index in [0.717, 1.165) is 24.8 Å². The van der Waals surface area contributed by atoms with Crippen LogP contribution in [-0.2, 0) is 15.0 Å². The van der Waals surface area contributed by atoms with Gasteiger partial charge >= 0.3 is 0 Å². The smallest absolute Gasteiger partial charge is 0.259 e. The van der Waals surface area contributed by atoms with E-state index in [1.165, 1.54) is 4.90 Å². The normalized spacial score (nSPS) is 14.8. The Kier molecular flexibility index (Phi) is 5.71. The summed E-state index contributed by atoms with van der Waals surface area (Å²) in [5.41, 5.74) is 1.21. The van der Waals surface area contributed by atoms with Gasteiger partial charge in [0.2, 0.25) is 5.91 Å². The number of halogens is 1. The SMILES string of the molecule is CN(C)C(=O)COc1ccc(NC(=O)C2(c3ccc(Cl)cc3)CCC2)cc1. The van der Waals surface area contributed by atoms with Crippen molar-refractivity contribution in [2.45, 2.75) is 24.7 Å². The number of amides is 2. The van der Waals surface area contributed by atoms with Gasteiger partial charge in [-0.1, -0.05) is 30.2 Å². The molecule has 27 heavy (non-hydrogen) atoms. The third-order valence-electron chi connectivity index (χ3n) is 5.01. The summed E-state index contributed by atoms with van der Waals surface area (Å²) < 4.78 is 5.45. The second-order valence-electron chi connectivity index (χ2n) is 7.00. The minimum atomic E-state index is -0.488. The van der Waals surface area contributed by atoms with Crippen molar-refractivity contribution in [1.29, 1.82) is 0 Å². The molecule has 1 saturated carbocycles. The highest BCUT2D eigenvalue weighted by Crippen LogP contribution is 2.44. The molecule has 0 saturated heterocycles. The van der Waals surface area contributed by atoms with Gasteiger partial charge < -0.3 is 15.0 Å². The van der Waals surface area contributed by atoms with Crippen molar-refractivity contribution in [2.24, 2.45) is 0 Å². The van der Waals surface area contributed by atoms with Gasteiger partial charge in [0.1, 0.15) is 5.75 Å². The van der Waals surface area contributed by atoms with E-state index in [9.17, 15) is 9.59 Å². The predicted octanol–water partition coefficient (Wildman–Crippen LogP) is 3.87. The van der Waals surface area contributed by atoms with Gasteiger partial charge in [0, 0.05) is 24.8 Å². The molecule has 0 atom stereocenters. The van der Waals surface area contributed by atoms with Gasteiger partial charge in [-0.3, -0.25) is 9.59 Å². The van der Waals surface area contributed by atoms with E-state index in [1.54, 1.807) is 38.4 Å². The molecule has 1 N–H and O–H groups in total. The van der Waals surface area contributed by atoms with E-state index in [4.69, 9.17) is 16.3 Å². The molecular formula is C21H23ClN2O3. The van der Waals surface area contributed by atoms with E-state index in [1.807, 2.05) is 24.3 Å². The monoisotopic (exact) mass is 386 g/mol. The summed E-state index contributed by atoms with van der Waals surface area (Å²) in [4.78, 5) is 26.0. The van der Waals surface area contributed by atoms with Crippen LogP contribution >= 0.6 is 11.6 Å². The average Bonchev–Trinajstić information content (AvgIpc) is 2.61. The average molecular weight is 387 g/mol. The van der Waals surface area contributed by atoms with Gasteiger partial charge in [-0.05, 0) is 54.8 Å². The summed E-state index contributed by atoms with van der Waals surface area (Å²) in [5, 5.41) is 3.67. The van der Waals surface area contributed by atoms with E-state index in [-0.39, 0.29) is 18.4 Å². The third kappa shape index (κ3) is 4.25. The zero-order chi connectivity index (χ0) is 19.4. The molecular weight excluding hydrogens is 364 g/mol. The highest BCUT2D eigenvalue weighted by atomic mass is 35.5. The molecule has 2 aromatic rings. The first-order valence-corrected chi connectivity index (χ1v) is 9.29. The van der Waals surface area contributed by atoms with E-state index in [0.29, 0.717) is 16.5 Å². The second kappa shape index (κ2) is 8.01. The number of hydrogen-bond acceptors (Lipinski definition) is 3. The number of hydrogen-bond donors (Lipinski definition) is 1. The summed E-state index contributed by atoms with van der Waals surface area (Å²) in [6.07, 6.45) is 2.69. The molecule has 1 aliphatic carbocycles. The largest absolute Gasteiger partial charge is 0.484 e. The molecule has 1 aliphatic rings. The zero-order valence-corrected chi connectivity index (χ0v) is 16.3. The highest BCUT2D eigenvalue weighted by molar-refractivity contribution is 6.30. The summed E-state index contributed by atoms with van der Waals surface area (Å²) in [7, 11) is 3.36. The fourth-order valence-corrected chi connectivity index (χ4v) is 3.23. The van der Waals surface area contributed by atoms with Crippen molar-refractivity contribution < 1.29 is 14.3 Å². The van der Waals surface area contributed by atoms with Crippen LogP contribution in [0, 0.1) is 0 Å². The Morgan fingerprint density at radius 1 is 1.07 bits per heavy atom. The zero-order valence-electron chi connectivity index (χ0n) is 15.5. The van der Waals surface area contributed by atoms with Gasteiger partial charge in [-0.15, -0.1) is 0 Å². The van der Waals surface area contributed by atoms with Crippen LogP contribution in [0.25, 0.3) is 0 Å². The minimum absolute atomic E-state index is 0.00692. The van der Waals surface area contributed by atoms with Crippen molar-refractivity contribution in [2.75, 3.05) is 26.0 Å². The van der Waals surface area contributed by atoms with Crippen LogP contribution in [0.4, 0.5) is 5.69 Å². The number of carbonyl (C=O) groups excluding carboxylic acids is 2. The fourth-order valence-electron chi connectivity index (χ4n) is 3.11. The van der Waals surface area contributed by atoms with Crippen molar-refractivity contribution >= 4 is 29.1 Å². The van der Waals surface area contributed by atoms with Crippen LogP contribution < -0.4 is 10.1 Å². The van der Waals surface area contributed by atoms with Crippen molar-refractivity contribution in [3.8, 4) is 5.75 Å². The molecule has 0 unspecified atom stereocenters. The lowest BCUT2D eigenvalue weighted by Crippen LogP contribution is -2.45. The molecule has 2 aromatic carbocycles. The molecule has 0 radical (unpaired) electrons. The number of nitrogens with zero attached hydrogens (tertiary/aromatic N) is 1. The number of nitrogens with one attached hydrogen (secondary N) is 1. The fraction of sp³-hybridized carbons (Fsp3) is 0.333. The molecule has 3 rings (SSSR count). The number of likely N-dealkylation sites (N-methyl/N-ethyl adjacent to an activating group) is 1. The summed E-state index contributed by atoms with van der Waals surface area (Å²) in [5.74, 6) is 0.467. The maximum atomic E-state index is 13.0. The van der Waals surface area contributed by atoms with Crippen LogP contribution in [0.1, 0.15) is 24.8 Å². The lowest BCUT2D eigenvalue weighted by atomic mass is 9.64. The van der Waals surface area contributed by atoms with Crippen LogP contribution in [0.15, 0.2) is 48.5 Å². The van der Waals surface area contributed by atoms with E-state index in [2.05, 4.69) is 5.32 Å². The highest BCUT2D eigenvalue weighted by Gasteiger charge is 2.45. The third-order valence-corrected chi connectivity index (χ3v) is 5.26. The van der Waals surface area contributed by atoms with Crippen LogP contribution in [0.5, 0.6) is 5.75 Å². The maximum Gasteiger partial charge on any atom is 0.259 e. The Hall–Kier alpha value is -2.53. The second-order valence-corrected chi connectivity index (χ2v) is 7.43. The Morgan fingerprint density at radius 2 is 1.70 bits per heavy atom. The molecule has 0 spiro atoms. The van der Waals surface area contributed by atoms with Gasteiger partial charge in [0.15, 0.2) is 6.61 Å². The lowest BCUT2D eigenvalue weighted by molar-refractivity contribution is -0.130. The number of anilines is 1. The van der Waals surface area contributed by atoms with Crippen LogP contribution in [0.3, 0.4) is 0 Å². The number of carbonyl (C=O) groups is 2. The van der Waals surface area contributed by atoms with Crippen LogP contribution in [0.2, 0.25) is 5.02 Å². The minimum Gasteiger partial charge on any atom is -0.484 e. The van der Waals surface area contributed by atoms with Gasteiger partial charge in [-0.2, -0.15) is 0 Å². The molecule has 6 heteroatoms. The Labute approximate surface area is 164 Å². The molecule has 0 bridgehead atoms. The first kappa shape index (κ1) is 19.2. The Morgan fingerprint density at radius 3 is 2.22 bits per heavy atom. The van der Waals surface area contributed by atoms with Gasteiger partial charge in [0.05, 0.1) is 5.41 Å². The molecule has 2 amide bonds. The molecule has 0 aliphatic heterocycles. The molecule has 5 nitrogen and oxygen atoms in total. The van der Waals surface area contributed by atoms with Crippen LogP contribution in [-0.4, -0.2) is 37.4 Å². The van der Waals surface area contributed by atoms with Crippen molar-refractivity contribution in [3.63, 3.8) is 0 Å². The maximum absolute atomic E-state index is 13.0. The molecule has 1 fully saturated rings. The molecule has 142 valence electrons. The lowest BCUT2D eigenvalue weighted by Gasteiger charge is -2.40. The van der Waals surface area contributed by atoms with Gasteiger partial charge in [-0.25, -0.2) is 0 Å². The van der Waals surface area contributed by atoms with Crippen molar-refractivity contribution in [1.82, 2.24) is 4.90 Å². The Bertz CT molecular complexity index is 812. The first-order valence-electron chi connectivity index (χ1n) is 8.91. The topological polar surface area (TPSA) is 58.6 Å². The van der Waals surface area contributed by atoms with Crippen molar-refractivity contribution in [3.05, 3.63) is 59.1 Å².